The lowest BCUT2D eigenvalue weighted by Gasteiger charge is -2.28. The molecule has 1 N–H and O–H groups in total. The van der Waals surface area contributed by atoms with Crippen LogP contribution in [0.3, 0.4) is 0 Å². The topological polar surface area (TPSA) is 46.5 Å². The minimum Gasteiger partial charge on any atom is -0.481 e. The first-order valence-corrected chi connectivity index (χ1v) is 6.77. The maximum Gasteiger partial charge on any atom is 0.305 e. The molecule has 17 heavy (non-hydrogen) atoms. The first-order chi connectivity index (χ1) is 7.87. The number of aliphatic carboxylic acids is 1. The number of unbranched alkanes of at least 4 members (excludes halogenated alkanes) is 4. The van der Waals surface area contributed by atoms with Crippen molar-refractivity contribution in [2.75, 3.05) is 0 Å². The van der Waals surface area contributed by atoms with Crippen LogP contribution in [-0.4, -0.2) is 22.8 Å². The summed E-state index contributed by atoms with van der Waals surface area (Å²) >= 11 is 0. The van der Waals surface area contributed by atoms with Crippen molar-refractivity contribution in [3.05, 3.63) is 0 Å². The predicted molar refractivity (Wildman–Crippen MR) is 70.3 cm³/mol. The Kier molecular flexibility index (Phi) is 8.23. The average Bonchev–Trinajstić information content (AvgIpc) is 2.14. The minimum atomic E-state index is -0.795. The van der Waals surface area contributed by atoms with E-state index in [4.69, 9.17) is 9.84 Å². The predicted octanol–water partition coefficient (Wildman–Crippen LogP) is 4.01. The summed E-state index contributed by atoms with van der Waals surface area (Å²) in [5, 5.41) is 8.67. The second-order valence-electron chi connectivity index (χ2n) is 5.45. The lowest BCUT2D eigenvalue weighted by Crippen LogP contribution is -2.30. The molecule has 0 aliphatic rings. The van der Waals surface area contributed by atoms with Gasteiger partial charge in [-0.2, -0.15) is 0 Å². The van der Waals surface area contributed by atoms with Crippen molar-refractivity contribution >= 4 is 5.97 Å². The summed E-state index contributed by atoms with van der Waals surface area (Å²) in [7, 11) is 0. The van der Waals surface area contributed by atoms with E-state index in [9.17, 15) is 4.79 Å². The van der Waals surface area contributed by atoms with Crippen LogP contribution in [0.4, 0.5) is 0 Å². The zero-order valence-electron chi connectivity index (χ0n) is 11.8. The van der Waals surface area contributed by atoms with Crippen LogP contribution in [0.25, 0.3) is 0 Å². The van der Waals surface area contributed by atoms with E-state index in [2.05, 4.69) is 6.92 Å². The fourth-order valence-corrected chi connectivity index (χ4v) is 2.05. The SMILES string of the molecule is CCCCCCCC(C)(C)OC(C)CC(=O)O. The van der Waals surface area contributed by atoms with Crippen molar-refractivity contribution in [3.63, 3.8) is 0 Å². The van der Waals surface area contributed by atoms with Gasteiger partial charge in [-0.3, -0.25) is 4.79 Å². The molecule has 0 saturated carbocycles. The van der Waals surface area contributed by atoms with Gasteiger partial charge in [0.05, 0.1) is 18.1 Å². The van der Waals surface area contributed by atoms with E-state index in [0.29, 0.717) is 0 Å². The first kappa shape index (κ1) is 16.4. The molecule has 0 aromatic rings. The van der Waals surface area contributed by atoms with Crippen molar-refractivity contribution in [1.29, 1.82) is 0 Å². The van der Waals surface area contributed by atoms with E-state index in [1.807, 2.05) is 20.8 Å². The number of carboxylic acids is 1. The lowest BCUT2D eigenvalue weighted by atomic mass is 9.99. The molecule has 0 saturated heterocycles. The van der Waals surface area contributed by atoms with E-state index < -0.39 is 5.97 Å². The van der Waals surface area contributed by atoms with Gasteiger partial charge in [0.25, 0.3) is 0 Å². The van der Waals surface area contributed by atoms with Crippen LogP contribution in [0.2, 0.25) is 0 Å². The fraction of sp³-hybridized carbons (Fsp3) is 0.929. The lowest BCUT2D eigenvalue weighted by molar-refractivity contribution is -0.143. The monoisotopic (exact) mass is 244 g/mol. The molecule has 0 aliphatic heterocycles. The van der Waals surface area contributed by atoms with Crippen molar-refractivity contribution < 1.29 is 14.6 Å². The van der Waals surface area contributed by atoms with Gasteiger partial charge in [-0.25, -0.2) is 0 Å². The van der Waals surface area contributed by atoms with Gasteiger partial charge in [-0.1, -0.05) is 39.0 Å². The summed E-state index contributed by atoms with van der Waals surface area (Å²) in [5.41, 5.74) is -0.207. The maximum atomic E-state index is 10.5. The van der Waals surface area contributed by atoms with E-state index >= 15 is 0 Å². The summed E-state index contributed by atoms with van der Waals surface area (Å²) in [6, 6.07) is 0. The highest BCUT2D eigenvalue weighted by molar-refractivity contribution is 5.67. The quantitative estimate of drug-likeness (QED) is 0.591. The Labute approximate surface area is 106 Å². The van der Waals surface area contributed by atoms with Crippen LogP contribution in [0, 0.1) is 0 Å². The molecule has 1 unspecified atom stereocenters. The third kappa shape index (κ3) is 10.3. The second-order valence-corrected chi connectivity index (χ2v) is 5.45. The number of hydrogen-bond acceptors (Lipinski definition) is 2. The van der Waals surface area contributed by atoms with Gasteiger partial charge >= 0.3 is 5.97 Å². The van der Waals surface area contributed by atoms with Crippen LogP contribution >= 0.6 is 0 Å². The molecule has 0 aromatic heterocycles. The Morgan fingerprint density at radius 1 is 1.24 bits per heavy atom. The van der Waals surface area contributed by atoms with Crippen molar-refractivity contribution in [2.24, 2.45) is 0 Å². The molecule has 0 spiro atoms. The Morgan fingerprint density at radius 2 is 1.82 bits per heavy atom. The van der Waals surface area contributed by atoms with E-state index in [0.717, 1.165) is 12.8 Å². The Balaban J connectivity index is 3.74. The van der Waals surface area contributed by atoms with Gasteiger partial charge in [-0.05, 0) is 27.2 Å². The van der Waals surface area contributed by atoms with Crippen LogP contribution in [0.15, 0.2) is 0 Å². The molecule has 3 nitrogen and oxygen atoms in total. The minimum absolute atomic E-state index is 0.0826. The molecule has 0 heterocycles. The van der Waals surface area contributed by atoms with Gasteiger partial charge in [0.15, 0.2) is 0 Å². The standard InChI is InChI=1S/C14H28O3/c1-5-6-7-8-9-10-14(3,4)17-12(2)11-13(15)16/h12H,5-11H2,1-4H3,(H,15,16). The molecule has 0 aliphatic carbocycles. The maximum absolute atomic E-state index is 10.5. The molecule has 0 fully saturated rings. The third-order valence-corrected chi connectivity index (χ3v) is 2.86. The number of ether oxygens (including phenoxy) is 1. The molecule has 1 atom stereocenters. The molecule has 102 valence electrons. The van der Waals surface area contributed by atoms with Crippen LogP contribution in [-0.2, 0) is 9.53 Å². The number of rotatable bonds is 10. The molecule has 0 aromatic carbocycles. The summed E-state index contributed by atoms with van der Waals surface area (Å²) in [4.78, 5) is 10.5. The summed E-state index contributed by atoms with van der Waals surface area (Å²) in [6.07, 6.45) is 7.13. The Bertz CT molecular complexity index is 212. The van der Waals surface area contributed by atoms with Gasteiger partial charge in [-0.15, -0.1) is 0 Å². The molecule has 0 amide bonds. The smallest absolute Gasteiger partial charge is 0.305 e. The third-order valence-electron chi connectivity index (χ3n) is 2.86. The molecule has 0 rings (SSSR count). The fourth-order valence-electron chi connectivity index (χ4n) is 2.05. The number of carboxylic acid groups (broad SMARTS) is 1. The highest BCUT2D eigenvalue weighted by Crippen LogP contribution is 2.22. The average molecular weight is 244 g/mol. The van der Waals surface area contributed by atoms with Crippen molar-refractivity contribution in [3.8, 4) is 0 Å². The van der Waals surface area contributed by atoms with Crippen molar-refractivity contribution in [2.45, 2.75) is 84.3 Å². The molecule has 0 bridgehead atoms. The molecular formula is C14H28O3. The van der Waals surface area contributed by atoms with Crippen molar-refractivity contribution in [1.82, 2.24) is 0 Å². The Morgan fingerprint density at radius 3 is 2.35 bits per heavy atom. The normalized spacial score (nSPS) is 13.6. The summed E-state index contributed by atoms with van der Waals surface area (Å²) in [6.45, 7) is 8.13. The van der Waals surface area contributed by atoms with E-state index in [1.54, 1.807) is 0 Å². The highest BCUT2D eigenvalue weighted by Gasteiger charge is 2.22. The largest absolute Gasteiger partial charge is 0.481 e. The van der Waals surface area contributed by atoms with Crippen LogP contribution < -0.4 is 0 Å². The van der Waals surface area contributed by atoms with Gasteiger partial charge in [0.2, 0.25) is 0 Å². The zero-order valence-corrected chi connectivity index (χ0v) is 11.8. The zero-order chi connectivity index (χ0) is 13.3. The van der Waals surface area contributed by atoms with Gasteiger partial charge in [0.1, 0.15) is 0 Å². The molecule has 3 heteroatoms. The molecular weight excluding hydrogens is 216 g/mol. The van der Waals surface area contributed by atoms with Gasteiger partial charge in [0, 0.05) is 0 Å². The second kappa shape index (κ2) is 8.51. The van der Waals surface area contributed by atoms with E-state index in [1.165, 1.54) is 25.7 Å². The van der Waals surface area contributed by atoms with Crippen LogP contribution in [0.5, 0.6) is 0 Å². The Hall–Kier alpha value is -0.570. The summed E-state index contributed by atoms with van der Waals surface area (Å²) < 4.78 is 5.77. The number of hydrogen-bond donors (Lipinski definition) is 1. The number of carbonyl (C=O) groups is 1. The first-order valence-electron chi connectivity index (χ1n) is 6.77. The van der Waals surface area contributed by atoms with E-state index in [-0.39, 0.29) is 18.1 Å². The molecule has 0 radical (unpaired) electrons. The highest BCUT2D eigenvalue weighted by atomic mass is 16.5. The van der Waals surface area contributed by atoms with Gasteiger partial charge < -0.3 is 9.84 Å². The summed E-state index contributed by atoms with van der Waals surface area (Å²) in [5.74, 6) is -0.795. The van der Waals surface area contributed by atoms with Crippen LogP contribution in [0.1, 0.15) is 72.6 Å².